The van der Waals surface area contributed by atoms with Gasteiger partial charge >= 0.3 is 0 Å². The summed E-state index contributed by atoms with van der Waals surface area (Å²) in [7, 11) is 0. The zero-order valence-electron chi connectivity index (χ0n) is 26.5. The molecule has 1 N–H and O–H groups in total. The van der Waals surface area contributed by atoms with E-state index in [1.807, 2.05) is 27.7 Å². The summed E-state index contributed by atoms with van der Waals surface area (Å²) in [4.78, 5) is 2.38. The normalized spacial score (nSPS) is 29.6. The molecule has 0 amide bonds. The average Bonchev–Trinajstić information content (AvgIpc) is 3.38. The first-order chi connectivity index (χ1) is 19.1. The molecule has 6 atom stereocenters. The maximum atomic E-state index is 10.7. The summed E-state index contributed by atoms with van der Waals surface area (Å²) in [6.45, 7) is 15.3. The van der Waals surface area contributed by atoms with Crippen molar-refractivity contribution in [2.75, 3.05) is 32.8 Å². The summed E-state index contributed by atoms with van der Waals surface area (Å²) in [5.41, 5.74) is 0. The fourth-order valence-electron chi connectivity index (χ4n) is 6.29. The van der Waals surface area contributed by atoms with Crippen LogP contribution in [0, 0.1) is 0 Å². The highest BCUT2D eigenvalue weighted by Crippen LogP contribution is 2.44. The van der Waals surface area contributed by atoms with Gasteiger partial charge in [0.1, 0.15) is 24.4 Å². The van der Waals surface area contributed by atoms with Gasteiger partial charge in [0.25, 0.3) is 0 Å². The second-order valence-corrected chi connectivity index (χ2v) is 13.1. The van der Waals surface area contributed by atoms with E-state index in [0.29, 0.717) is 13.2 Å². The zero-order chi connectivity index (χ0) is 29.0. The minimum Gasteiger partial charge on any atom is -0.389 e. The van der Waals surface area contributed by atoms with Crippen molar-refractivity contribution >= 4 is 0 Å². The van der Waals surface area contributed by atoms with Crippen molar-refractivity contribution in [1.29, 1.82) is 0 Å². The predicted molar refractivity (Wildman–Crippen MR) is 157 cm³/mol. The predicted octanol–water partition coefficient (Wildman–Crippen LogP) is 6.17. The van der Waals surface area contributed by atoms with Gasteiger partial charge in [0, 0.05) is 6.54 Å². The molecule has 0 aromatic rings. The molecule has 0 aromatic heterocycles. The van der Waals surface area contributed by atoms with E-state index < -0.39 is 24.0 Å². The Morgan fingerprint density at radius 1 is 0.675 bits per heavy atom. The molecule has 0 bridgehead atoms. The third kappa shape index (κ3) is 11.4. The molecule has 3 aliphatic heterocycles. The Morgan fingerprint density at radius 2 is 1.23 bits per heavy atom. The molecule has 40 heavy (non-hydrogen) atoms. The van der Waals surface area contributed by atoms with E-state index >= 15 is 0 Å². The van der Waals surface area contributed by atoms with Crippen molar-refractivity contribution in [2.24, 2.45) is 0 Å². The lowest BCUT2D eigenvalue weighted by Crippen LogP contribution is -2.56. The number of unbranched alkanes of at least 4 members (excludes halogenated alkanes) is 11. The van der Waals surface area contributed by atoms with Crippen molar-refractivity contribution in [3.63, 3.8) is 0 Å². The van der Waals surface area contributed by atoms with Crippen LogP contribution in [0.25, 0.3) is 0 Å². The highest BCUT2D eigenvalue weighted by Gasteiger charge is 2.60. The van der Waals surface area contributed by atoms with Crippen molar-refractivity contribution in [2.45, 2.75) is 173 Å². The highest BCUT2D eigenvalue weighted by atomic mass is 16.9. The molecular weight excluding hydrogens is 510 g/mol. The van der Waals surface area contributed by atoms with E-state index in [2.05, 4.69) is 18.7 Å². The Bertz CT molecular complexity index is 690. The zero-order valence-corrected chi connectivity index (χ0v) is 26.5. The van der Waals surface area contributed by atoms with Crippen LogP contribution in [0.15, 0.2) is 0 Å². The molecule has 3 saturated heterocycles. The fraction of sp³-hybridized carbons (Fsp3) is 1.00. The average molecular weight is 572 g/mol. The second kappa shape index (κ2) is 17.1. The van der Waals surface area contributed by atoms with E-state index in [4.69, 9.17) is 28.4 Å². The van der Waals surface area contributed by atoms with Gasteiger partial charge in [-0.1, -0.05) is 84.5 Å². The number of ether oxygens (including phenoxy) is 6. The highest BCUT2D eigenvalue weighted by molar-refractivity contribution is 5.00. The summed E-state index contributed by atoms with van der Waals surface area (Å²) < 4.78 is 36.6. The van der Waals surface area contributed by atoms with E-state index in [1.165, 1.54) is 77.0 Å². The van der Waals surface area contributed by atoms with Crippen molar-refractivity contribution < 1.29 is 33.5 Å². The molecule has 3 aliphatic rings. The van der Waals surface area contributed by atoms with Crippen LogP contribution in [0.1, 0.15) is 125 Å². The smallest absolute Gasteiger partial charge is 0.190 e. The maximum Gasteiger partial charge on any atom is 0.190 e. The molecule has 0 aromatic carbocycles. The molecule has 0 spiro atoms. The molecule has 236 valence electrons. The Kier molecular flexibility index (Phi) is 14.6. The molecule has 1 unspecified atom stereocenters. The summed E-state index contributed by atoms with van der Waals surface area (Å²) in [6.07, 6.45) is 15.0. The van der Waals surface area contributed by atoms with Crippen LogP contribution in [0.3, 0.4) is 0 Å². The summed E-state index contributed by atoms with van der Waals surface area (Å²) in [5.74, 6) is -1.46. The largest absolute Gasteiger partial charge is 0.389 e. The molecule has 0 radical (unpaired) electrons. The first-order valence-corrected chi connectivity index (χ1v) is 16.5. The molecule has 3 fully saturated rings. The lowest BCUT2D eigenvalue weighted by Gasteiger charge is -2.37. The second-order valence-electron chi connectivity index (χ2n) is 13.1. The fourth-order valence-corrected chi connectivity index (χ4v) is 6.29. The number of hydrogen-bond donors (Lipinski definition) is 1. The van der Waals surface area contributed by atoms with Gasteiger partial charge in [-0.05, 0) is 53.6 Å². The van der Waals surface area contributed by atoms with Crippen LogP contribution < -0.4 is 0 Å². The first-order valence-electron chi connectivity index (χ1n) is 16.5. The van der Waals surface area contributed by atoms with Gasteiger partial charge in [-0.25, -0.2) is 0 Å². The van der Waals surface area contributed by atoms with Gasteiger partial charge < -0.3 is 38.4 Å². The molecule has 8 nitrogen and oxygen atoms in total. The van der Waals surface area contributed by atoms with Crippen LogP contribution in [-0.2, 0) is 28.4 Å². The molecule has 0 saturated carbocycles. The van der Waals surface area contributed by atoms with E-state index in [9.17, 15) is 5.11 Å². The number of nitrogens with zero attached hydrogens (tertiary/aromatic N) is 1. The Labute approximate surface area is 244 Å². The monoisotopic (exact) mass is 571 g/mol. The van der Waals surface area contributed by atoms with Gasteiger partial charge in [0.05, 0.1) is 19.3 Å². The maximum absolute atomic E-state index is 10.7. The van der Waals surface area contributed by atoms with Crippen molar-refractivity contribution in [3.05, 3.63) is 0 Å². The van der Waals surface area contributed by atoms with Gasteiger partial charge in [0.15, 0.2) is 17.9 Å². The topological polar surface area (TPSA) is 78.9 Å². The van der Waals surface area contributed by atoms with E-state index in [0.717, 1.165) is 19.5 Å². The van der Waals surface area contributed by atoms with Crippen LogP contribution in [0.2, 0.25) is 0 Å². The van der Waals surface area contributed by atoms with E-state index in [1.54, 1.807) is 0 Å². The third-order valence-electron chi connectivity index (χ3n) is 8.18. The van der Waals surface area contributed by atoms with Gasteiger partial charge in [-0.15, -0.1) is 0 Å². The minimum atomic E-state index is -0.738. The molecule has 3 heterocycles. The standard InChI is InChI=1S/C32H61NO7/c1-7-9-10-11-12-13-14-15-16-17-18-19-21-33(20-8-2)22-25(34)23-35-24-26-27-28(38-31(3,4)37-27)29-30(36-26)40-32(5,6)39-29/h25-30,34H,7-24H2,1-6H3/t25?,26-,27+,28+,29-,30-/m1/s1. The Balaban J connectivity index is 1.29. The summed E-state index contributed by atoms with van der Waals surface area (Å²) in [5, 5.41) is 10.7. The Hall–Kier alpha value is -0.320. The van der Waals surface area contributed by atoms with Crippen LogP contribution in [-0.4, -0.2) is 91.2 Å². The van der Waals surface area contributed by atoms with Gasteiger partial charge in [0.2, 0.25) is 0 Å². The number of hydrogen-bond acceptors (Lipinski definition) is 8. The molecule has 8 heteroatoms. The molecular formula is C32H61NO7. The van der Waals surface area contributed by atoms with Crippen molar-refractivity contribution in [3.8, 4) is 0 Å². The van der Waals surface area contributed by atoms with Crippen LogP contribution in [0.5, 0.6) is 0 Å². The van der Waals surface area contributed by atoms with Gasteiger partial charge in [-0.2, -0.15) is 0 Å². The number of fused-ring (bicyclic) bond motifs is 3. The number of aliphatic hydroxyl groups is 1. The Morgan fingerprint density at radius 3 is 1.85 bits per heavy atom. The SMILES string of the molecule is CCCCCCCCCCCCCCN(CCC)CC(O)COC[C@H]1O[C@@H]2OC(C)(C)O[C@@H]2[C@H]2OC(C)(C)O[C@H]21. The summed E-state index contributed by atoms with van der Waals surface area (Å²) in [6, 6.07) is 0. The van der Waals surface area contributed by atoms with Gasteiger partial charge in [-0.3, -0.25) is 0 Å². The van der Waals surface area contributed by atoms with Crippen LogP contribution in [0.4, 0.5) is 0 Å². The quantitative estimate of drug-likeness (QED) is 0.164. The number of rotatable bonds is 21. The van der Waals surface area contributed by atoms with Crippen molar-refractivity contribution in [1.82, 2.24) is 4.90 Å². The van der Waals surface area contributed by atoms with E-state index in [-0.39, 0.29) is 31.0 Å². The van der Waals surface area contributed by atoms with Crippen LogP contribution >= 0.6 is 0 Å². The number of aliphatic hydroxyl groups excluding tert-OH is 1. The minimum absolute atomic E-state index is 0.261. The molecule has 0 aliphatic carbocycles. The summed E-state index contributed by atoms with van der Waals surface area (Å²) >= 11 is 0. The molecule has 3 rings (SSSR count). The lowest BCUT2D eigenvalue weighted by atomic mass is 9.99. The lowest BCUT2D eigenvalue weighted by molar-refractivity contribution is -0.244. The third-order valence-corrected chi connectivity index (χ3v) is 8.18. The first kappa shape index (κ1) is 34.2.